The Morgan fingerprint density at radius 2 is 1.85 bits per heavy atom. The summed E-state index contributed by atoms with van der Waals surface area (Å²) in [4.78, 5) is 8.00. The Morgan fingerprint density at radius 1 is 1.12 bits per heavy atom. The fourth-order valence-electron chi connectivity index (χ4n) is 2.45. The number of fused-ring (bicyclic) bond motifs is 1. The number of imidazole rings is 1. The third kappa shape index (κ3) is 3.65. The molecule has 138 valence electrons. The SMILES string of the molecule is C[C@@H](n1cnc2ccc(Oc3ccc(C(F)(F)F)cn3)cc21)C(C)(C)O. The largest absolute Gasteiger partial charge is 0.439 e. The second-order valence-electron chi connectivity index (χ2n) is 6.62. The maximum absolute atomic E-state index is 12.6. The van der Waals surface area contributed by atoms with Crippen LogP contribution in [0.15, 0.2) is 42.9 Å². The number of ether oxygens (including phenoxy) is 1. The first-order valence-corrected chi connectivity index (χ1v) is 7.96. The molecule has 0 saturated carbocycles. The quantitative estimate of drug-likeness (QED) is 0.736. The van der Waals surface area contributed by atoms with Gasteiger partial charge < -0.3 is 14.4 Å². The summed E-state index contributed by atoms with van der Waals surface area (Å²) >= 11 is 0. The number of alkyl halides is 3. The Kier molecular flexibility index (Phi) is 4.39. The lowest BCUT2D eigenvalue weighted by atomic mass is 10.0. The molecule has 0 amide bonds. The molecule has 0 fully saturated rings. The normalized spacial score (nSPS) is 13.8. The van der Waals surface area contributed by atoms with Gasteiger partial charge in [-0.1, -0.05) is 0 Å². The standard InChI is InChI=1S/C18H18F3N3O2/c1-11(17(2,3)25)24-10-23-14-6-5-13(8-15(14)24)26-16-7-4-12(9-22-16)18(19,20)21/h4-11,25H,1-3H3/t11-/m1/s1. The van der Waals surface area contributed by atoms with E-state index >= 15 is 0 Å². The molecule has 0 saturated heterocycles. The molecule has 0 unspecified atom stereocenters. The fourth-order valence-corrected chi connectivity index (χ4v) is 2.45. The number of nitrogens with zero attached hydrogens (tertiary/aromatic N) is 3. The van der Waals surface area contributed by atoms with Crippen LogP contribution in [0.2, 0.25) is 0 Å². The topological polar surface area (TPSA) is 60.2 Å². The Balaban J connectivity index is 1.89. The molecule has 1 aromatic carbocycles. The average Bonchev–Trinajstić information content (AvgIpc) is 2.96. The summed E-state index contributed by atoms with van der Waals surface area (Å²) in [6.45, 7) is 5.28. The van der Waals surface area contributed by atoms with Crippen molar-refractivity contribution in [3.8, 4) is 11.6 Å². The Bertz CT molecular complexity index is 912. The third-order valence-electron chi connectivity index (χ3n) is 4.27. The van der Waals surface area contributed by atoms with Crippen molar-refractivity contribution in [2.45, 2.75) is 38.6 Å². The van der Waals surface area contributed by atoms with Gasteiger partial charge in [-0.25, -0.2) is 9.97 Å². The molecule has 2 heterocycles. The zero-order valence-electron chi connectivity index (χ0n) is 14.4. The molecular weight excluding hydrogens is 347 g/mol. The third-order valence-corrected chi connectivity index (χ3v) is 4.27. The second kappa shape index (κ2) is 6.28. The predicted molar refractivity (Wildman–Crippen MR) is 90.1 cm³/mol. The van der Waals surface area contributed by atoms with E-state index in [1.165, 1.54) is 6.07 Å². The Morgan fingerprint density at radius 3 is 2.42 bits per heavy atom. The lowest BCUT2D eigenvalue weighted by molar-refractivity contribution is -0.137. The lowest BCUT2D eigenvalue weighted by Gasteiger charge is -2.27. The van der Waals surface area contributed by atoms with Gasteiger partial charge in [0.2, 0.25) is 5.88 Å². The van der Waals surface area contributed by atoms with Gasteiger partial charge in [0.05, 0.1) is 34.6 Å². The number of aromatic nitrogens is 3. The van der Waals surface area contributed by atoms with E-state index in [1.54, 1.807) is 38.4 Å². The van der Waals surface area contributed by atoms with E-state index < -0.39 is 17.3 Å². The van der Waals surface area contributed by atoms with Gasteiger partial charge >= 0.3 is 6.18 Å². The van der Waals surface area contributed by atoms with Crippen molar-refractivity contribution in [1.29, 1.82) is 0 Å². The van der Waals surface area contributed by atoms with Crippen molar-refractivity contribution in [3.05, 3.63) is 48.4 Å². The van der Waals surface area contributed by atoms with Gasteiger partial charge in [-0.3, -0.25) is 0 Å². The maximum Gasteiger partial charge on any atom is 0.417 e. The Hall–Kier alpha value is -2.61. The van der Waals surface area contributed by atoms with Crippen LogP contribution >= 0.6 is 0 Å². The summed E-state index contributed by atoms with van der Waals surface area (Å²) in [5.74, 6) is 0.466. The average molecular weight is 365 g/mol. The molecule has 0 aliphatic rings. The summed E-state index contributed by atoms with van der Waals surface area (Å²) < 4.78 is 45.2. The molecule has 8 heteroatoms. The number of hydrogen-bond donors (Lipinski definition) is 1. The monoisotopic (exact) mass is 365 g/mol. The molecule has 2 aromatic heterocycles. The molecule has 0 spiro atoms. The number of halogens is 3. The van der Waals surface area contributed by atoms with E-state index in [2.05, 4.69) is 9.97 Å². The number of aliphatic hydroxyl groups is 1. The number of rotatable bonds is 4. The smallest absolute Gasteiger partial charge is 0.417 e. The summed E-state index contributed by atoms with van der Waals surface area (Å²) in [6, 6.07) is 6.96. The van der Waals surface area contributed by atoms with E-state index in [0.29, 0.717) is 11.3 Å². The van der Waals surface area contributed by atoms with Crippen molar-refractivity contribution < 1.29 is 23.0 Å². The molecule has 1 N–H and O–H groups in total. The highest BCUT2D eigenvalue weighted by molar-refractivity contribution is 5.77. The van der Waals surface area contributed by atoms with Crippen LogP contribution in [0.5, 0.6) is 11.6 Å². The van der Waals surface area contributed by atoms with Gasteiger partial charge in [0, 0.05) is 18.3 Å². The number of pyridine rings is 1. The zero-order valence-corrected chi connectivity index (χ0v) is 14.4. The zero-order chi connectivity index (χ0) is 19.1. The van der Waals surface area contributed by atoms with Crippen molar-refractivity contribution in [1.82, 2.24) is 14.5 Å². The van der Waals surface area contributed by atoms with Crippen LogP contribution in [-0.2, 0) is 6.18 Å². The summed E-state index contributed by atoms with van der Waals surface area (Å²) in [6.07, 6.45) is -2.08. The number of benzene rings is 1. The minimum absolute atomic E-state index is 0.0546. The molecule has 3 aromatic rings. The molecule has 5 nitrogen and oxygen atoms in total. The molecule has 0 aliphatic heterocycles. The van der Waals surface area contributed by atoms with Crippen LogP contribution in [0.4, 0.5) is 13.2 Å². The van der Waals surface area contributed by atoms with Crippen LogP contribution < -0.4 is 4.74 Å². The van der Waals surface area contributed by atoms with Crippen molar-refractivity contribution in [3.63, 3.8) is 0 Å². The number of hydrogen-bond acceptors (Lipinski definition) is 4. The van der Waals surface area contributed by atoms with E-state index in [-0.39, 0.29) is 11.9 Å². The summed E-state index contributed by atoms with van der Waals surface area (Å²) in [5, 5.41) is 10.2. The van der Waals surface area contributed by atoms with Crippen molar-refractivity contribution >= 4 is 11.0 Å². The molecule has 0 radical (unpaired) electrons. The van der Waals surface area contributed by atoms with Gasteiger partial charge in [-0.15, -0.1) is 0 Å². The second-order valence-corrected chi connectivity index (χ2v) is 6.62. The van der Waals surface area contributed by atoms with E-state index in [4.69, 9.17) is 4.74 Å². The van der Waals surface area contributed by atoms with Crippen molar-refractivity contribution in [2.24, 2.45) is 0 Å². The van der Waals surface area contributed by atoms with Crippen LogP contribution in [0.1, 0.15) is 32.4 Å². The molecule has 3 rings (SSSR count). The van der Waals surface area contributed by atoms with Gasteiger partial charge in [-0.05, 0) is 39.0 Å². The van der Waals surface area contributed by atoms with E-state index in [0.717, 1.165) is 17.8 Å². The highest BCUT2D eigenvalue weighted by atomic mass is 19.4. The lowest BCUT2D eigenvalue weighted by Crippen LogP contribution is -2.30. The first-order chi connectivity index (χ1) is 12.1. The van der Waals surface area contributed by atoms with Crippen LogP contribution in [0.3, 0.4) is 0 Å². The molecule has 1 atom stereocenters. The van der Waals surface area contributed by atoms with Crippen LogP contribution in [0, 0.1) is 0 Å². The minimum Gasteiger partial charge on any atom is -0.439 e. The van der Waals surface area contributed by atoms with Crippen LogP contribution in [0.25, 0.3) is 11.0 Å². The molecule has 0 aliphatic carbocycles. The van der Waals surface area contributed by atoms with Gasteiger partial charge in [0.25, 0.3) is 0 Å². The Labute approximate surface area is 148 Å². The molecule has 0 bridgehead atoms. The van der Waals surface area contributed by atoms with Crippen LogP contribution in [-0.4, -0.2) is 25.2 Å². The first kappa shape index (κ1) is 18.2. The van der Waals surface area contributed by atoms with E-state index in [9.17, 15) is 18.3 Å². The highest BCUT2D eigenvalue weighted by Gasteiger charge is 2.30. The van der Waals surface area contributed by atoms with E-state index in [1.807, 2.05) is 11.5 Å². The van der Waals surface area contributed by atoms with Gasteiger partial charge in [0.1, 0.15) is 5.75 Å². The summed E-state index contributed by atoms with van der Waals surface area (Å²) in [5.41, 5.74) is -0.338. The predicted octanol–water partition coefficient (Wildman–Crippen LogP) is 4.57. The highest BCUT2D eigenvalue weighted by Crippen LogP contribution is 2.31. The molecule has 26 heavy (non-hydrogen) atoms. The summed E-state index contributed by atoms with van der Waals surface area (Å²) in [7, 11) is 0. The maximum atomic E-state index is 12.6. The van der Waals surface area contributed by atoms with Gasteiger partial charge in [-0.2, -0.15) is 13.2 Å². The fraction of sp³-hybridized carbons (Fsp3) is 0.333. The minimum atomic E-state index is -4.44. The van der Waals surface area contributed by atoms with Gasteiger partial charge in [0.15, 0.2) is 0 Å². The van der Waals surface area contributed by atoms with Crippen molar-refractivity contribution in [2.75, 3.05) is 0 Å². The molecular formula is C18H18F3N3O2. The first-order valence-electron chi connectivity index (χ1n) is 7.96.